The number of oxime groups is 1. The van der Waals surface area contributed by atoms with Crippen LogP contribution in [-0.4, -0.2) is 37.6 Å². The molecule has 1 saturated heterocycles. The first-order chi connectivity index (χ1) is 14.6. The minimum atomic E-state index is -4.64. The van der Waals surface area contributed by atoms with Gasteiger partial charge in [0.1, 0.15) is 0 Å². The highest BCUT2D eigenvalue weighted by atomic mass is 35.5. The zero-order chi connectivity index (χ0) is 22.6. The third-order valence-corrected chi connectivity index (χ3v) is 6.59. The number of nitrogens with zero attached hydrogens (tertiary/aromatic N) is 2. The first-order valence-electron chi connectivity index (χ1n) is 9.02. The molecule has 1 fully saturated rings. The molecule has 7 nitrogen and oxygen atoms in total. The molecule has 0 saturated carbocycles. The fraction of sp³-hybridized carbons (Fsp3) is 0.263. The highest BCUT2D eigenvalue weighted by Crippen LogP contribution is 2.31. The van der Waals surface area contributed by atoms with Gasteiger partial charge < -0.3 is 0 Å². The molecule has 166 valence electrons. The van der Waals surface area contributed by atoms with Gasteiger partial charge in [-0.05, 0) is 42.5 Å². The summed E-state index contributed by atoms with van der Waals surface area (Å²) in [4.78, 5) is 16.1. The van der Waals surface area contributed by atoms with E-state index in [1.54, 1.807) is 24.3 Å². The van der Waals surface area contributed by atoms with Crippen LogP contribution < -0.4 is 5.32 Å². The third kappa shape index (κ3) is 5.96. The van der Waals surface area contributed by atoms with Crippen molar-refractivity contribution in [2.24, 2.45) is 5.16 Å². The van der Waals surface area contributed by atoms with Crippen LogP contribution in [0.2, 0.25) is 5.02 Å². The maximum atomic E-state index is 12.9. The fourth-order valence-electron chi connectivity index (χ4n) is 2.84. The van der Waals surface area contributed by atoms with E-state index in [9.17, 15) is 26.4 Å². The molecule has 0 radical (unpaired) electrons. The van der Waals surface area contributed by atoms with Crippen LogP contribution in [0, 0.1) is 0 Å². The molecular formula is C19H17ClF3N3O4S. The van der Waals surface area contributed by atoms with Gasteiger partial charge in [-0.3, -0.25) is 10.2 Å². The number of hydrogen-bond donors (Lipinski definition) is 1. The Balaban J connectivity index is 1.58. The van der Waals surface area contributed by atoms with Gasteiger partial charge in [0.2, 0.25) is 10.0 Å². The summed E-state index contributed by atoms with van der Waals surface area (Å²) in [6.45, 7) is -0.000842. The van der Waals surface area contributed by atoms with Crippen molar-refractivity contribution >= 4 is 39.1 Å². The number of amides is 1. The Morgan fingerprint density at radius 3 is 2.35 bits per heavy atom. The van der Waals surface area contributed by atoms with Crippen LogP contribution in [0.5, 0.6) is 0 Å². The Bertz CT molecular complexity index is 1080. The Morgan fingerprint density at radius 2 is 1.74 bits per heavy atom. The van der Waals surface area contributed by atoms with Gasteiger partial charge in [-0.15, -0.1) is 0 Å². The number of halogens is 4. The van der Waals surface area contributed by atoms with Crippen LogP contribution in [0.25, 0.3) is 0 Å². The summed E-state index contributed by atoms with van der Waals surface area (Å²) in [5.41, 5.74) is -0.119. The molecule has 0 unspecified atom stereocenters. The molecule has 0 bridgehead atoms. The van der Waals surface area contributed by atoms with Crippen LogP contribution in [0.1, 0.15) is 18.4 Å². The largest absolute Gasteiger partial charge is 0.437 e. The lowest BCUT2D eigenvalue weighted by atomic mass is 10.1. The molecule has 1 aliphatic heterocycles. The minimum Gasteiger partial charge on any atom is -0.298 e. The molecule has 31 heavy (non-hydrogen) atoms. The van der Waals surface area contributed by atoms with E-state index in [0.717, 1.165) is 22.5 Å². The summed E-state index contributed by atoms with van der Waals surface area (Å²) in [5, 5.41) is 6.70. The SMILES string of the molecule is O=C(Nc1ccc(Cl)cc1)ON=C1CCN(S(=O)(=O)c2cccc(C(F)(F)F)c2)CC1. The maximum absolute atomic E-state index is 12.9. The van der Waals surface area contributed by atoms with E-state index in [0.29, 0.717) is 22.5 Å². The third-order valence-electron chi connectivity index (χ3n) is 4.45. The quantitative estimate of drug-likeness (QED) is 0.510. The monoisotopic (exact) mass is 475 g/mol. The van der Waals surface area contributed by atoms with E-state index in [2.05, 4.69) is 10.5 Å². The van der Waals surface area contributed by atoms with Gasteiger partial charge in [-0.1, -0.05) is 22.8 Å². The normalized spacial score (nSPS) is 15.4. The first kappa shape index (κ1) is 23.0. The lowest BCUT2D eigenvalue weighted by molar-refractivity contribution is -0.137. The van der Waals surface area contributed by atoms with Gasteiger partial charge >= 0.3 is 12.3 Å². The summed E-state index contributed by atoms with van der Waals surface area (Å²) >= 11 is 5.76. The Labute approximate surface area is 181 Å². The number of piperidine rings is 1. The Hall–Kier alpha value is -2.63. The van der Waals surface area contributed by atoms with E-state index < -0.39 is 32.8 Å². The van der Waals surface area contributed by atoms with Crippen molar-refractivity contribution in [3.05, 3.63) is 59.1 Å². The molecule has 1 amide bonds. The molecule has 12 heteroatoms. The van der Waals surface area contributed by atoms with Crippen molar-refractivity contribution in [1.29, 1.82) is 0 Å². The molecule has 0 spiro atoms. The highest BCUT2D eigenvalue weighted by Gasteiger charge is 2.33. The molecule has 1 aliphatic rings. The fourth-order valence-corrected chi connectivity index (χ4v) is 4.45. The van der Waals surface area contributed by atoms with Crippen LogP contribution >= 0.6 is 11.6 Å². The molecular weight excluding hydrogens is 459 g/mol. The Kier molecular flexibility index (Phi) is 6.87. The molecule has 0 aliphatic carbocycles. The molecule has 2 aromatic carbocycles. The van der Waals surface area contributed by atoms with Crippen molar-refractivity contribution < 1.29 is 31.2 Å². The molecule has 1 heterocycles. The van der Waals surface area contributed by atoms with Crippen molar-refractivity contribution in [2.75, 3.05) is 18.4 Å². The van der Waals surface area contributed by atoms with Gasteiger partial charge in [-0.25, -0.2) is 13.2 Å². The van der Waals surface area contributed by atoms with E-state index in [4.69, 9.17) is 16.4 Å². The summed E-state index contributed by atoms with van der Waals surface area (Å²) in [5.74, 6) is 0. The smallest absolute Gasteiger partial charge is 0.298 e. The van der Waals surface area contributed by atoms with Gasteiger partial charge in [-0.2, -0.15) is 17.5 Å². The second kappa shape index (κ2) is 9.25. The molecule has 3 rings (SSSR count). The van der Waals surface area contributed by atoms with Crippen LogP contribution in [0.15, 0.2) is 58.6 Å². The topological polar surface area (TPSA) is 88.1 Å². The summed E-state index contributed by atoms with van der Waals surface area (Å²) in [7, 11) is -4.10. The standard InChI is InChI=1S/C19H17ClF3N3O4S/c20-14-4-6-15(7-5-14)24-18(27)30-25-16-8-10-26(11-9-16)31(28,29)17-3-1-2-13(12-17)19(21,22)23/h1-7,12H,8-11H2,(H,24,27). The van der Waals surface area contributed by atoms with Crippen LogP contribution in [-0.2, 0) is 21.0 Å². The number of nitrogens with one attached hydrogen (secondary N) is 1. The predicted molar refractivity (Wildman–Crippen MR) is 108 cm³/mol. The van der Waals surface area contributed by atoms with Crippen molar-refractivity contribution in [3.8, 4) is 0 Å². The zero-order valence-corrected chi connectivity index (χ0v) is 17.5. The van der Waals surface area contributed by atoms with Crippen LogP contribution in [0.4, 0.5) is 23.7 Å². The van der Waals surface area contributed by atoms with Crippen molar-refractivity contribution in [2.45, 2.75) is 23.9 Å². The second-order valence-electron chi connectivity index (χ2n) is 6.60. The number of carbonyl (C=O) groups is 1. The summed E-state index contributed by atoms with van der Waals surface area (Å²) < 4.78 is 65.1. The second-order valence-corrected chi connectivity index (χ2v) is 8.97. The molecule has 0 atom stereocenters. The average Bonchev–Trinajstić information content (AvgIpc) is 2.74. The van der Waals surface area contributed by atoms with E-state index >= 15 is 0 Å². The van der Waals surface area contributed by atoms with Gasteiger partial charge in [0, 0.05) is 36.6 Å². The molecule has 2 aromatic rings. The molecule has 1 N–H and O–H groups in total. The number of alkyl halides is 3. The summed E-state index contributed by atoms with van der Waals surface area (Å²) in [6.07, 6.45) is -5.12. The van der Waals surface area contributed by atoms with Gasteiger partial charge in [0.25, 0.3) is 0 Å². The number of anilines is 1. The lowest BCUT2D eigenvalue weighted by Gasteiger charge is -2.26. The number of carbonyl (C=O) groups excluding carboxylic acids is 1. The van der Waals surface area contributed by atoms with Gasteiger partial charge in [0.15, 0.2) is 0 Å². The maximum Gasteiger partial charge on any atom is 0.437 e. The van der Waals surface area contributed by atoms with Crippen molar-refractivity contribution in [1.82, 2.24) is 4.31 Å². The van der Waals surface area contributed by atoms with Gasteiger partial charge in [0.05, 0.1) is 16.2 Å². The summed E-state index contributed by atoms with van der Waals surface area (Å²) in [6, 6.07) is 9.93. The van der Waals surface area contributed by atoms with E-state index in [1.165, 1.54) is 0 Å². The van der Waals surface area contributed by atoms with Crippen LogP contribution in [0.3, 0.4) is 0 Å². The highest BCUT2D eigenvalue weighted by molar-refractivity contribution is 7.89. The lowest BCUT2D eigenvalue weighted by Crippen LogP contribution is -2.38. The zero-order valence-electron chi connectivity index (χ0n) is 15.9. The first-order valence-corrected chi connectivity index (χ1v) is 10.8. The Morgan fingerprint density at radius 1 is 1.10 bits per heavy atom. The van der Waals surface area contributed by atoms with E-state index in [1.807, 2.05) is 0 Å². The van der Waals surface area contributed by atoms with E-state index in [-0.39, 0.29) is 25.9 Å². The van der Waals surface area contributed by atoms with Crippen molar-refractivity contribution in [3.63, 3.8) is 0 Å². The molecule has 0 aromatic heterocycles. The number of hydrogen-bond acceptors (Lipinski definition) is 5. The number of sulfonamides is 1. The number of rotatable bonds is 4. The average molecular weight is 476 g/mol. The predicted octanol–water partition coefficient (Wildman–Crippen LogP) is 4.75. The number of benzene rings is 2. The minimum absolute atomic E-state index is 0.000421.